The molecule has 13 heavy (non-hydrogen) atoms. The number of aromatic nitrogens is 2. The van der Waals surface area contributed by atoms with Crippen LogP contribution in [0.4, 0.5) is 0 Å². The minimum atomic E-state index is 0.444. The fourth-order valence-corrected chi connectivity index (χ4v) is 2.47. The van der Waals surface area contributed by atoms with E-state index < -0.39 is 0 Å². The molecule has 1 fully saturated rings. The van der Waals surface area contributed by atoms with Gasteiger partial charge in [-0.3, -0.25) is 0 Å². The van der Waals surface area contributed by atoms with Crippen LogP contribution in [-0.4, -0.2) is 28.0 Å². The number of rotatable bonds is 1. The van der Waals surface area contributed by atoms with Crippen molar-refractivity contribution in [2.24, 2.45) is 0 Å². The molecule has 1 aromatic heterocycles. The third-order valence-corrected chi connectivity index (χ3v) is 3.31. The number of nitrogens with zero attached hydrogens (tertiary/aromatic N) is 2. The van der Waals surface area contributed by atoms with Crippen LogP contribution < -0.4 is 5.32 Å². The number of thioether (sulfide) groups is 1. The maximum Gasteiger partial charge on any atom is 0.115 e. The zero-order valence-corrected chi connectivity index (χ0v) is 8.47. The zero-order chi connectivity index (χ0) is 9.10. The Hall–Kier alpha value is -0.610. The Balaban J connectivity index is 2.18. The van der Waals surface area contributed by atoms with Gasteiger partial charge in [-0.2, -0.15) is 11.8 Å². The Morgan fingerprint density at radius 2 is 2.54 bits per heavy atom. The van der Waals surface area contributed by atoms with Gasteiger partial charge in [-0.15, -0.1) is 0 Å². The fraction of sp³-hybridized carbons (Fsp3) is 0.556. The summed E-state index contributed by atoms with van der Waals surface area (Å²) in [6.07, 6.45) is 3.53. The maximum atomic E-state index is 4.19. The van der Waals surface area contributed by atoms with Gasteiger partial charge in [0.25, 0.3) is 0 Å². The van der Waals surface area contributed by atoms with Crippen molar-refractivity contribution in [3.8, 4) is 0 Å². The summed E-state index contributed by atoms with van der Waals surface area (Å²) in [7, 11) is 0. The van der Waals surface area contributed by atoms with Crippen LogP contribution in [0.3, 0.4) is 0 Å². The molecule has 1 N–H and O–H groups in total. The third-order valence-electron chi connectivity index (χ3n) is 2.25. The first kappa shape index (κ1) is 8.97. The molecule has 0 aromatic carbocycles. The molecule has 0 saturated carbocycles. The van der Waals surface area contributed by atoms with E-state index in [2.05, 4.69) is 15.3 Å². The maximum absolute atomic E-state index is 4.19. The lowest BCUT2D eigenvalue weighted by Crippen LogP contribution is -2.30. The van der Waals surface area contributed by atoms with Gasteiger partial charge in [-0.25, -0.2) is 9.97 Å². The summed E-state index contributed by atoms with van der Waals surface area (Å²) < 4.78 is 0. The predicted octanol–water partition coefficient (Wildman–Crippen LogP) is 1.16. The number of aryl methyl sites for hydroxylation is 1. The van der Waals surface area contributed by atoms with Gasteiger partial charge in [0.2, 0.25) is 0 Å². The van der Waals surface area contributed by atoms with Gasteiger partial charge >= 0.3 is 0 Å². The van der Waals surface area contributed by atoms with E-state index in [-0.39, 0.29) is 0 Å². The Labute approximate surface area is 82.4 Å². The fourth-order valence-electron chi connectivity index (χ4n) is 1.51. The summed E-state index contributed by atoms with van der Waals surface area (Å²) in [6.45, 7) is 3.13. The van der Waals surface area contributed by atoms with E-state index in [0.29, 0.717) is 6.04 Å². The molecule has 1 aliphatic rings. The Morgan fingerprint density at radius 3 is 3.23 bits per heavy atom. The smallest absolute Gasteiger partial charge is 0.115 e. The molecule has 2 rings (SSSR count). The second-order valence-electron chi connectivity index (χ2n) is 3.15. The quantitative estimate of drug-likeness (QED) is 0.730. The first-order chi connectivity index (χ1) is 6.38. The second-order valence-corrected chi connectivity index (χ2v) is 4.29. The van der Waals surface area contributed by atoms with Crippen molar-refractivity contribution in [1.82, 2.24) is 15.3 Å². The van der Waals surface area contributed by atoms with Crippen LogP contribution in [0.15, 0.2) is 12.5 Å². The third kappa shape index (κ3) is 2.00. The number of hydrogen-bond donors (Lipinski definition) is 1. The van der Waals surface area contributed by atoms with Gasteiger partial charge in [-0.1, -0.05) is 0 Å². The largest absolute Gasteiger partial charge is 0.308 e. The lowest BCUT2D eigenvalue weighted by molar-refractivity contribution is 0.587. The molecule has 0 spiro atoms. The van der Waals surface area contributed by atoms with Gasteiger partial charge < -0.3 is 5.32 Å². The highest BCUT2D eigenvalue weighted by Crippen LogP contribution is 2.22. The highest BCUT2D eigenvalue weighted by atomic mass is 32.2. The van der Waals surface area contributed by atoms with Crippen LogP contribution in [0.2, 0.25) is 0 Å². The van der Waals surface area contributed by atoms with Crippen molar-refractivity contribution in [3.05, 3.63) is 23.8 Å². The normalized spacial score (nSPS) is 23.0. The standard InChI is InChI=1S/C9H13N3S/c1-7-8(4-10-6-12-7)9-5-13-3-2-11-9/h4,6,9,11H,2-3,5H2,1H3. The van der Waals surface area contributed by atoms with E-state index in [4.69, 9.17) is 0 Å². The van der Waals surface area contributed by atoms with Crippen LogP contribution in [0.5, 0.6) is 0 Å². The zero-order valence-electron chi connectivity index (χ0n) is 7.66. The van der Waals surface area contributed by atoms with Crippen molar-refractivity contribution in [2.75, 3.05) is 18.1 Å². The Morgan fingerprint density at radius 1 is 1.62 bits per heavy atom. The molecule has 0 aliphatic carbocycles. The van der Waals surface area contributed by atoms with E-state index in [1.807, 2.05) is 24.9 Å². The van der Waals surface area contributed by atoms with Gasteiger partial charge in [0.15, 0.2) is 0 Å². The second kappa shape index (κ2) is 4.07. The Kier molecular flexibility index (Phi) is 2.80. The molecule has 0 radical (unpaired) electrons. The Bertz CT molecular complexity index is 284. The monoisotopic (exact) mass is 195 g/mol. The predicted molar refractivity (Wildman–Crippen MR) is 54.8 cm³/mol. The molecule has 1 unspecified atom stereocenters. The molecular weight excluding hydrogens is 182 g/mol. The molecule has 2 heterocycles. The molecule has 1 aromatic rings. The van der Waals surface area contributed by atoms with Crippen LogP contribution in [0, 0.1) is 6.92 Å². The van der Waals surface area contributed by atoms with E-state index in [1.54, 1.807) is 6.33 Å². The van der Waals surface area contributed by atoms with Crippen LogP contribution >= 0.6 is 11.8 Å². The molecule has 70 valence electrons. The minimum Gasteiger partial charge on any atom is -0.308 e. The summed E-state index contributed by atoms with van der Waals surface area (Å²) in [5.74, 6) is 2.34. The van der Waals surface area contributed by atoms with Gasteiger partial charge in [0.1, 0.15) is 6.33 Å². The molecule has 3 nitrogen and oxygen atoms in total. The van der Waals surface area contributed by atoms with Crippen LogP contribution in [0.25, 0.3) is 0 Å². The molecule has 4 heteroatoms. The van der Waals surface area contributed by atoms with E-state index in [9.17, 15) is 0 Å². The van der Waals surface area contributed by atoms with Gasteiger partial charge in [0, 0.05) is 41.5 Å². The molecular formula is C9H13N3S. The lowest BCUT2D eigenvalue weighted by Gasteiger charge is -2.23. The first-order valence-corrected chi connectivity index (χ1v) is 5.61. The SMILES string of the molecule is Cc1ncncc1C1CSCCN1. The summed E-state index contributed by atoms with van der Waals surface area (Å²) in [6, 6.07) is 0.444. The van der Waals surface area contributed by atoms with E-state index in [1.165, 1.54) is 11.3 Å². The van der Waals surface area contributed by atoms with Crippen LogP contribution in [-0.2, 0) is 0 Å². The summed E-state index contributed by atoms with van der Waals surface area (Å²) in [5.41, 5.74) is 2.34. The average molecular weight is 195 g/mol. The molecule has 1 aliphatic heterocycles. The molecule has 0 bridgehead atoms. The van der Waals surface area contributed by atoms with Crippen molar-refractivity contribution >= 4 is 11.8 Å². The highest BCUT2D eigenvalue weighted by molar-refractivity contribution is 7.99. The van der Waals surface area contributed by atoms with Gasteiger partial charge in [-0.05, 0) is 6.92 Å². The van der Waals surface area contributed by atoms with Crippen molar-refractivity contribution in [2.45, 2.75) is 13.0 Å². The van der Waals surface area contributed by atoms with Crippen molar-refractivity contribution in [1.29, 1.82) is 0 Å². The van der Waals surface area contributed by atoms with Gasteiger partial charge in [0.05, 0.1) is 0 Å². The molecule has 1 saturated heterocycles. The van der Waals surface area contributed by atoms with E-state index >= 15 is 0 Å². The highest BCUT2D eigenvalue weighted by Gasteiger charge is 2.16. The van der Waals surface area contributed by atoms with Crippen LogP contribution in [0.1, 0.15) is 17.3 Å². The minimum absolute atomic E-state index is 0.444. The first-order valence-electron chi connectivity index (χ1n) is 4.45. The van der Waals surface area contributed by atoms with Crippen molar-refractivity contribution in [3.63, 3.8) is 0 Å². The molecule has 0 amide bonds. The number of hydrogen-bond acceptors (Lipinski definition) is 4. The average Bonchev–Trinajstić information content (AvgIpc) is 2.20. The topological polar surface area (TPSA) is 37.8 Å². The summed E-state index contributed by atoms with van der Waals surface area (Å²) in [5, 5.41) is 3.48. The van der Waals surface area contributed by atoms with E-state index in [0.717, 1.165) is 18.0 Å². The summed E-state index contributed by atoms with van der Waals surface area (Å²) in [4.78, 5) is 8.25. The van der Waals surface area contributed by atoms with Crippen molar-refractivity contribution < 1.29 is 0 Å². The number of nitrogens with one attached hydrogen (secondary N) is 1. The molecule has 1 atom stereocenters. The summed E-state index contributed by atoms with van der Waals surface area (Å²) >= 11 is 1.99. The lowest BCUT2D eigenvalue weighted by atomic mass is 10.1.